The standard InChI is InChI=1S/C48H78O18/c1-21-29(52)31(54)35(58)40(61-21)65-37-32(55)30(53)24(19-49)62-41(37)66-38-34(57)33(56)36(39(59)60)64-42(38)63-28-12-13-45(5)25(46(28,6)20-50)11-14-48(8)26(45)10-9-22-23-17-43(2,3)18-27(51)44(23,4)15-16-47(22,48)7/h9,21,23-38,40-42,49-58H,10-20H2,1-8H3,(H,59,60)/t21-,23+,24+,25-,26+,27+,28-,29+,30-,31+,32-,33+,34-,35+,36-,37-,38-,40-,41+,42-,44-,45+,46+,47-,48-/m1/s1. The average Bonchev–Trinajstić information content (AvgIpc) is 3.25. The van der Waals surface area contributed by atoms with E-state index in [1.807, 2.05) is 6.92 Å². The molecule has 0 aromatic carbocycles. The molecule has 3 saturated heterocycles. The lowest BCUT2D eigenvalue weighted by molar-refractivity contribution is -0.396. The minimum Gasteiger partial charge on any atom is -0.479 e. The summed E-state index contributed by atoms with van der Waals surface area (Å²) >= 11 is 0. The summed E-state index contributed by atoms with van der Waals surface area (Å²) in [7, 11) is 0. The zero-order valence-corrected chi connectivity index (χ0v) is 39.7. The molecule has 8 rings (SSSR count). The summed E-state index contributed by atoms with van der Waals surface area (Å²) in [5.74, 6) is -1.16. The minimum absolute atomic E-state index is 0.0166. The number of aliphatic hydroxyl groups is 10. The Hall–Kier alpha value is -1.43. The first-order valence-corrected chi connectivity index (χ1v) is 24.3. The second-order valence-electron chi connectivity index (χ2n) is 23.6. The smallest absolute Gasteiger partial charge is 0.335 e. The molecule has 25 atom stereocenters. The Kier molecular flexibility index (Phi) is 13.7. The summed E-state index contributed by atoms with van der Waals surface area (Å²) in [5.41, 5.74) is -0.0545. The third kappa shape index (κ3) is 7.78. The summed E-state index contributed by atoms with van der Waals surface area (Å²) in [4.78, 5) is 12.5. The highest BCUT2D eigenvalue weighted by Crippen LogP contribution is 2.76. The predicted octanol–water partition coefficient (Wildman–Crippen LogP) is 0.705. The lowest BCUT2D eigenvalue weighted by atomic mass is 9.33. The Morgan fingerprint density at radius 3 is 1.94 bits per heavy atom. The van der Waals surface area contributed by atoms with E-state index in [9.17, 15) is 61.0 Å². The van der Waals surface area contributed by atoms with Crippen molar-refractivity contribution in [3.05, 3.63) is 11.6 Å². The van der Waals surface area contributed by atoms with Crippen LogP contribution in [0.2, 0.25) is 0 Å². The second-order valence-corrected chi connectivity index (χ2v) is 23.6. The average molecular weight is 943 g/mol. The number of carboxylic acid groups (broad SMARTS) is 1. The number of ether oxygens (including phenoxy) is 6. The van der Waals surface area contributed by atoms with Crippen LogP contribution in [0.4, 0.5) is 0 Å². The van der Waals surface area contributed by atoms with Crippen LogP contribution < -0.4 is 0 Å². The first kappa shape index (κ1) is 50.9. The van der Waals surface area contributed by atoms with Crippen molar-refractivity contribution < 1.29 is 89.4 Å². The Balaban J connectivity index is 1.08. The maximum atomic E-state index is 12.5. The SMILES string of the molecule is C[C@H]1O[C@H](O[C@H]2[C@H](O[C@H]3[C@H](O[C@@H]4CC[C@@]5(C)[C@@H](CC[C@]6(C)[C@H]5CC=C5[C@@H]7CC(C)(C)C[C@H](O)[C@]7(C)CC[C@]56C)[C@]4(C)CO)O[C@@H](C(=O)O)[C@@H](O)[C@H]3O)O[C@@H](CO)[C@@H](O)[C@H]2O)[C@@H](O)[C@@H](O)[C@H]1O. The van der Waals surface area contributed by atoms with Gasteiger partial charge in [-0.25, -0.2) is 4.79 Å². The molecule has 0 bridgehead atoms. The van der Waals surface area contributed by atoms with Gasteiger partial charge in [0.1, 0.15) is 61.0 Å². The van der Waals surface area contributed by atoms with E-state index in [0.29, 0.717) is 12.8 Å². The van der Waals surface area contributed by atoms with Gasteiger partial charge in [0.2, 0.25) is 0 Å². The maximum Gasteiger partial charge on any atom is 0.335 e. The normalized spacial score (nSPS) is 55.9. The highest BCUT2D eigenvalue weighted by molar-refractivity contribution is 5.73. The number of aliphatic carboxylic acids is 1. The third-order valence-electron chi connectivity index (χ3n) is 19.5. The summed E-state index contributed by atoms with van der Waals surface area (Å²) in [6.45, 7) is 16.3. The second kappa shape index (κ2) is 17.7. The van der Waals surface area contributed by atoms with E-state index >= 15 is 0 Å². The molecule has 0 aromatic heterocycles. The van der Waals surface area contributed by atoms with E-state index in [1.54, 1.807) is 0 Å². The van der Waals surface area contributed by atoms with Gasteiger partial charge in [-0.2, -0.15) is 0 Å². The van der Waals surface area contributed by atoms with Crippen molar-refractivity contribution in [2.75, 3.05) is 13.2 Å². The van der Waals surface area contributed by atoms with Crippen molar-refractivity contribution in [3.8, 4) is 0 Å². The van der Waals surface area contributed by atoms with Gasteiger partial charge in [-0.05, 0) is 104 Å². The van der Waals surface area contributed by atoms with Gasteiger partial charge in [-0.3, -0.25) is 0 Å². The fraction of sp³-hybridized carbons (Fsp3) is 0.938. The fourth-order valence-electron chi connectivity index (χ4n) is 15.1. The molecule has 8 aliphatic rings. The third-order valence-corrected chi connectivity index (χ3v) is 19.5. The van der Waals surface area contributed by atoms with E-state index in [1.165, 1.54) is 12.5 Å². The molecule has 0 aromatic rings. The van der Waals surface area contributed by atoms with Gasteiger partial charge >= 0.3 is 5.97 Å². The molecule has 0 amide bonds. The van der Waals surface area contributed by atoms with Crippen molar-refractivity contribution in [2.45, 2.75) is 218 Å². The highest BCUT2D eigenvalue weighted by Gasteiger charge is 2.70. The van der Waals surface area contributed by atoms with Crippen LogP contribution in [0.25, 0.3) is 0 Å². The highest BCUT2D eigenvalue weighted by atomic mass is 16.8. The van der Waals surface area contributed by atoms with E-state index in [4.69, 9.17) is 28.4 Å². The monoisotopic (exact) mass is 943 g/mol. The molecule has 11 N–H and O–H groups in total. The van der Waals surface area contributed by atoms with Crippen LogP contribution in [0, 0.1) is 50.2 Å². The van der Waals surface area contributed by atoms with E-state index < -0.39 is 116 Å². The molecule has 0 spiro atoms. The summed E-state index contributed by atoms with van der Waals surface area (Å²) in [5, 5.41) is 120. The number of hydrogen-bond donors (Lipinski definition) is 11. The van der Waals surface area contributed by atoms with E-state index in [-0.39, 0.29) is 57.5 Å². The quantitative estimate of drug-likeness (QED) is 0.112. The van der Waals surface area contributed by atoms with Crippen molar-refractivity contribution in [1.29, 1.82) is 0 Å². The van der Waals surface area contributed by atoms with Crippen LogP contribution in [0.1, 0.15) is 113 Å². The number of hydrogen-bond acceptors (Lipinski definition) is 17. The number of carboxylic acids is 1. The largest absolute Gasteiger partial charge is 0.479 e. The molecular formula is C48H78O18. The Morgan fingerprint density at radius 2 is 1.30 bits per heavy atom. The van der Waals surface area contributed by atoms with Gasteiger partial charge in [0.15, 0.2) is 25.0 Å². The van der Waals surface area contributed by atoms with Gasteiger partial charge in [-0.15, -0.1) is 0 Å². The maximum absolute atomic E-state index is 12.5. The van der Waals surface area contributed by atoms with Gasteiger partial charge in [0.25, 0.3) is 0 Å². The van der Waals surface area contributed by atoms with E-state index in [2.05, 4.69) is 47.6 Å². The molecule has 66 heavy (non-hydrogen) atoms. The molecule has 4 saturated carbocycles. The molecule has 3 aliphatic heterocycles. The fourth-order valence-corrected chi connectivity index (χ4v) is 15.1. The number of allylic oxidation sites excluding steroid dienone is 2. The topological polar surface area (TPSA) is 295 Å². The molecule has 5 aliphatic carbocycles. The first-order valence-electron chi connectivity index (χ1n) is 24.3. The van der Waals surface area contributed by atoms with Crippen LogP contribution in [0.5, 0.6) is 0 Å². The first-order chi connectivity index (χ1) is 30.7. The van der Waals surface area contributed by atoms with Gasteiger partial charge < -0.3 is 84.6 Å². The van der Waals surface area contributed by atoms with Gasteiger partial charge in [0.05, 0.1) is 31.5 Å². The predicted molar refractivity (Wildman–Crippen MR) is 231 cm³/mol. The van der Waals surface area contributed by atoms with Gasteiger partial charge in [0, 0.05) is 10.8 Å². The summed E-state index contributed by atoms with van der Waals surface area (Å²) < 4.78 is 36.2. The Morgan fingerprint density at radius 1 is 0.667 bits per heavy atom. The Bertz CT molecular complexity index is 1820. The van der Waals surface area contributed by atoms with Crippen molar-refractivity contribution in [2.24, 2.45) is 50.2 Å². The number of carbonyl (C=O) groups is 1. The van der Waals surface area contributed by atoms with Crippen LogP contribution in [0.3, 0.4) is 0 Å². The minimum atomic E-state index is -2.07. The number of aliphatic hydroxyl groups excluding tert-OH is 10. The van der Waals surface area contributed by atoms with E-state index in [0.717, 1.165) is 44.9 Å². The molecule has 18 nitrogen and oxygen atoms in total. The molecule has 0 unspecified atom stereocenters. The molecular weight excluding hydrogens is 865 g/mol. The van der Waals surface area contributed by atoms with Crippen LogP contribution in [0.15, 0.2) is 11.6 Å². The zero-order valence-electron chi connectivity index (χ0n) is 39.7. The lowest BCUT2D eigenvalue weighted by Crippen LogP contribution is -2.68. The van der Waals surface area contributed by atoms with Crippen molar-refractivity contribution in [1.82, 2.24) is 0 Å². The van der Waals surface area contributed by atoms with Crippen molar-refractivity contribution in [3.63, 3.8) is 0 Å². The zero-order chi connectivity index (χ0) is 48.4. The molecule has 378 valence electrons. The van der Waals surface area contributed by atoms with Crippen LogP contribution in [-0.2, 0) is 33.2 Å². The molecule has 7 fully saturated rings. The summed E-state index contributed by atoms with van der Waals surface area (Å²) in [6.07, 6.45) is -17.6. The van der Waals surface area contributed by atoms with Crippen LogP contribution >= 0.6 is 0 Å². The summed E-state index contributed by atoms with van der Waals surface area (Å²) in [6, 6.07) is 0. The van der Waals surface area contributed by atoms with Crippen molar-refractivity contribution >= 4 is 5.97 Å². The molecule has 18 heteroatoms. The molecule has 0 radical (unpaired) electrons. The Labute approximate surface area is 387 Å². The van der Waals surface area contributed by atoms with Crippen LogP contribution in [-0.4, -0.2) is 180 Å². The molecule has 3 heterocycles. The lowest BCUT2D eigenvalue weighted by Gasteiger charge is -2.72. The number of fused-ring (bicyclic) bond motifs is 7. The number of rotatable bonds is 9. The van der Waals surface area contributed by atoms with Gasteiger partial charge in [-0.1, -0.05) is 60.1 Å².